The maximum absolute atomic E-state index is 3.78. The molecule has 0 spiro atoms. The summed E-state index contributed by atoms with van der Waals surface area (Å²) in [7, 11) is 0. The molecule has 0 bridgehead atoms. The standard InChI is InChI=1S/C19H31N/c1-13-7-6-8-18(9-13)12-20-17(5)19-11-15(3)14(2)10-16(19)4/h10-11,13,17-18,20H,6-9,12H2,1-5H3. The minimum atomic E-state index is 0.464. The van der Waals surface area contributed by atoms with Crippen molar-refractivity contribution in [1.82, 2.24) is 5.32 Å². The molecular formula is C19H31N. The summed E-state index contributed by atoms with van der Waals surface area (Å²) in [6.45, 7) is 12.5. The van der Waals surface area contributed by atoms with Gasteiger partial charge in [-0.15, -0.1) is 0 Å². The van der Waals surface area contributed by atoms with Gasteiger partial charge in [0.15, 0.2) is 0 Å². The van der Waals surface area contributed by atoms with Crippen LogP contribution in [0.1, 0.15) is 67.8 Å². The largest absolute Gasteiger partial charge is 0.310 e. The fourth-order valence-corrected chi connectivity index (χ4v) is 3.65. The van der Waals surface area contributed by atoms with Gasteiger partial charge in [-0.3, -0.25) is 0 Å². The molecule has 0 saturated heterocycles. The molecule has 0 aliphatic heterocycles. The van der Waals surface area contributed by atoms with Crippen molar-refractivity contribution < 1.29 is 0 Å². The van der Waals surface area contributed by atoms with Gasteiger partial charge in [0.05, 0.1) is 0 Å². The summed E-state index contributed by atoms with van der Waals surface area (Å²) in [6.07, 6.45) is 5.68. The van der Waals surface area contributed by atoms with Crippen molar-refractivity contribution in [3.8, 4) is 0 Å². The van der Waals surface area contributed by atoms with Gasteiger partial charge in [0.25, 0.3) is 0 Å². The normalized spacial score (nSPS) is 24.6. The zero-order chi connectivity index (χ0) is 14.7. The van der Waals surface area contributed by atoms with Crippen molar-refractivity contribution in [3.63, 3.8) is 0 Å². The third-order valence-corrected chi connectivity index (χ3v) is 5.11. The molecule has 0 heterocycles. The summed E-state index contributed by atoms with van der Waals surface area (Å²) in [5, 5.41) is 3.78. The van der Waals surface area contributed by atoms with Crippen molar-refractivity contribution in [2.75, 3.05) is 6.54 Å². The molecule has 3 atom stereocenters. The summed E-state index contributed by atoms with van der Waals surface area (Å²) in [6, 6.07) is 5.16. The maximum Gasteiger partial charge on any atom is 0.0294 e. The predicted octanol–water partition coefficient (Wildman–Crippen LogP) is 5.09. The van der Waals surface area contributed by atoms with Crippen molar-refractivity contribution in [1.29, 1.82) is 0 Å². The summed E-state index contributed by atoms with van der Waals surface area (Å²) in [5.41, 5.74) is 5.70. The van der Waals surface area contributed by atoms with Crippen LogP contribution >= 0.6 is 0 Å². The Morgan fingerprint density at radius 1 is 1.10 bits per heavy atom. The quantitative estimate of drug-likeness (QED) is 0.806. The Bertz CT molecular complexity index is 449. The van der Waals surface area contributed by atoms with Crippen LogP contribution in [0, 0.1) is 32.6 Å². The predicted molar refractivity (Wildman–Crippen MR) is 88.2 cm³/mol. The van der Waals surface area contributed by atoms with E-state index in [2.05, 4.69) is 52.1 Å². The molecule has 2 rings (SSSR count). The second kappa shape index (κ2) is 6.76. The Morgan fingerprint density at radius 2 is 1.80 bits per heavy atom. The summed E-state index contributed by atoms with van der Waals surface area (Å²) < 4.78 is 0. The number of benzene rings is 1. The number of hydrogen-bond donors (Lipinski definition) is 1. The van der Waals surface area contributed by atoms with E-state index >= 15 is 0 Å². The third kappa shape index (κ3) is 3.85. The topological polar surface area (TPSA) is 12.0 Å². The Morgan fingerprint density at radius 3 is 2.50 bits per heavy atom. The highest BCUT2D eigenvalue weighted by molar-refractivity contribution is 5.38. The van der Waals surface area contributed by atoms with E-state index in [1.54, 1.807) is 0 Å². The molecule has 3 unspecified atom stereocenters. The Labute approximate surface area is 125 Å². The SMILES string of the molecule is Cc1cc(C)c(C(C)NCC2CCCC(C)C2)cc1C. The molecule has 0 amide bonds. The van der Waals surface area contributed by atoms with Crippen LogP contribution in [0.4, 0.5) is 0 Å². The van der Waals surface area contributed by atoms with Gasteiger partial charge in [-0.05, 0) is 81.2 Å². The van der Waals surface area contributed by atoms with Crippen molar-refractivity contribution in [2.24, 2.45) is 11.8 Å². The number of hydrogen-bond acceptors (Lipinski definition) is 1. The van der Waals surface area contributed by atoms with Gasteiger partial charge in [-0.1, -0.05) is 31.9 Å². The first kappa shape index (κ1) is 15.6. The van der Waals surface area contributed by atoms with E-state index in [9.17, 15) is 0 Å². The van der Waals surface area contributed by atoms with Crippen LogP contribution in [0.3, 0.4) is 0 Å². The van der Waals surface area contributed by atoms with Gasteiger partial charge in [0, 0.05) is 6.04 Å². The van der Waals surface area contributed by atoms with Crippen molar-refractivity contribution in [2.45, 2.75) is 66.3 Å². The van der Waals surface area contributed by atoms with Gasteiger partial charge in [-0.2, -0.15) is 0 Å². The van der Waals surface area contributed by atoms with E-state index in [1.165, 1.54) is 54.5 Å². The minimum absolute atomic E-state index is 0.464. The first-order valence-corrected chi connectivity index (χ1v) is 8.28. The number of rotatable bonds is 4. The maximum atomic E-state index is 3.78. The number of aryl methyl sites for hydroxylation is 3. The number of nitrogens with one attached hydrogen (secondary N) is 1. The Balaban J connectivity index is 1.94. The lowest BCUT2D eigenvalue weighted by molar-refractivity contribution is 0.268. The zero-order valence-electron chi connectivity index (χ0n) is 13.9. The van der Waals surface area contributed by atoms with E-state index in [0.717, 1.165) is 11.8 Å². The minimum Gasteiger partial charge on any atom is -0.310 e. The molecule has 1 heteroatoms. The van der Waals surface area contributed by atoms with E-state index in [-0.39, 0.29) is 0 Å². The fraction of sp³-hybridized carbons (Fsp3) is 0.684. The lowest BCUT2D eigenvalue weighted by Gasteiger charge is -2.28. The molecule has 20 heavy (non-hydrogen) atoms. The van der Waals surface area contributed by atoms with Gasteiger partial charge >= 0.3 is 0 Å². The lowest BCUT2D eigenvalue weighted by Crippen LogP contribution is -2.29. The van der Waals surface area contributed by atoms with Crippen LogP contribution in [-0.2, 0) is 0 Å². The Kier molecular flexibility index (Phi) is 5.26. The molecule has 1 aliphatic carbocycles. The summed E-state index contributed by atoms with van der Waals surface area (Å²) >= 11 is 0. The average molecular weight is 273 g/mol. The van der Waals surface area contributed by atoms with E-state index in [4.69, 9.17) is 0 Å². The van der Waals surface area contributed by atoms with Crippen molar-refractivity contribution >= 4 is 0 Å². The highest BCUT2D eigenvalue weighted by atomic mass is 14.9. The second-order valence-corrected chi connectivity index (χ2v) is 7.06. The molecule has 1 fully saturated rings. The summed E-state index contributed by atoms with van der Waals surface area (Å²) in [5.74, 6) is 1.81. The molecule has 0 radical (unpaired) electrons. The highest BCUT2D eigenvalue weighted by Gasteiger charge is 2.19. The smallest absolute Gasteiger partial charge is 0.0294 e. The molecule has 1 aliphatic rings. The average Bonchev–Trinajstić information content (AvgIpc) is 2.40. The van der Waals surface area contributed by atoms with Crippen LogP contribution in [0.5, 0.6) is 0 Å². The fourth-order valence-electron chi connectivity index (χ4n) is 3.65. The monoisotopic (exact) mass is 273 g/mol. The van der Waals surface area contributed by atoms with Crippen LogP contribution in [0.2, 0.25) is 0 Å². The second-order valence-electron chi connectivity index (χ2n) is 7.06. The molecule has 112 valence electrons. The zero-order valence-corrected chi connectivity index (χ0v) is 13.9. The van der Waals surface area contributed by atoms with E-state index in [1.807, 2.05) is 0 Å². The first-order valence-electron chi connectivity index (χ1n) is 8.28. The van der Waals surface area contributed by atoms with Crippen LogP contribution in [0.15, 0.2) is 12.1 Å². The van der Waals surface area contributed by atoms with Crippen LogP contribution in [0.25, 0.3) is 0 Å². The highest BCUT2D eigenvalue weighted by Crippen LogP contribution is 2.29. The molecule has 1 aromatic carbocycles. The Hall–Kier alpha value is -0.820. The summed E-state index contributed by atoms with van der Waals surface area (Å²) in [4.78, 5) is 0. The molecule has 1 N–H and O–H groups in total. The molecule has 1 nitrogen and oxygen atoms in total. The first-order chi connectivity index (χ1) is 9.47. The van der Waals surface area contributed by atoms with Gasteiger partial charge < -0.3 is 5.32 Å². The third-order valence-electron chi connectivity index (χ3n) is 5.11. The van der Waals surface area contributed by atoms with E-state index < -0.39 is 0 Å². The lowest BCUT2D eigenvalue weighted by atomic mass is 9.82. The molecule has 1 aromatic rings. The van der Waals surface area contributed by atoms with Crippen LogP contribution in [-0.4, -0.2) is 6.54 Å². The molecule has 1 saturated carbocycles. The van der Waals surface area contributed by atoms with Gasteiger partial charge in [0.2, 0.25) is 0 Å². The molecule has 0 aromatic heterocycles. The van der Waals surface area contributed by atoms with Gasteiger partial charge in [0.1, 0.15) is 0 Å². The van der Waals surface area contributed by atoms with E-state index in [0.29, 0.717) is 6.04 Å². The molecular weight excluding hydrogens is 242 g/mol. The van der Waals surface area contributed by atoms with Gasteiger partial charge in [-0.25, -0.2) is 0 Å². The van der Waals surface area contributed by atoms with Crippen molar-refractivity contribution in [3.05, 3.63) is 34.4 Å². The van der Waals surface area contributed by atoms with Crippen LogP contribution < -0.4 is 5.32 Å².